The van der Waals surface area contributed by atoms with Crippen molar-refractivity contribution in [3.05, 3.63) is 51.4 Å². The summed E-state index contributed by atoms with van der Waals surface area (Å²) in [4.78, 5) is 19.7. The van der Waals surface area contributed by atoms with Crippen LogP contribution in [-0.2, 0) is 0 Å². The quantitative estimate of drug-likeness (QED) is 0.462. The highest BCUT2D eigenvalue weighted by Gasteiger charge is 2.24. The molecular weight excluding hydrogens is 308 g/mol. The normalized spacial score (nSPS) is 10.3. The minimum absolute atomic E-state index is 0.165. The molecule has 0 aliphatic heterocycles. The fourth-order valence-electron chi connectivity index (χ4n) is 1.90. The van der Waals surface area contributed by atoms with Crippen LogP contribution in [0, 0.1) is 17.0 Å². The first-order valence-corrected chi connectivity index (χ1v) is 6.92. The van der Waals surface area contributed by atoms with Gasteiger partial charge in [-0.2, -0.15) is 0 Å². The molecule has 0 atom stereocenters. The summed E-state index contributed by atoms with van der Waals surface area (Å²) in [6, 6.07) is 7.66. The van der Waals surface area contributed by atoms with E-state index in [-0.39, 0.29) is 16.7 Å². The van der Waals surface area contributed by atoms with E-state index in [0.29, 0.717) is 13.2 Å². The Kier molecular flexibility index (Phi) is 5.11. The molecule has 1 aromatic heterocycles. The highest BCUT2D eigenvalue weighted by atomic mass is 35.5. The monoisotopic (exact) mass is 322 g/mol. The molecule has 0 N–H and O–H groups in total. The summed E-state index contributed by atoms with van der Waals surface area (Å²) in [5.74, 6) is 0.918. The Morgan fingerprint density at radius 1 is 1.41 bits per heavy atom. The van der Waals surface area contributed by atoms with Gasteiger partial charge in [-0.3, -0.25) is 10.1 Å². The number of benzene rings is 1. The van der Waals surface area contributed by atoms with E-state index in [4.69, 9.17) is 16.3 Å². The molecule has 0 amide bonds. The van der Waals surface area contributed by atoms with Crippen LogP contribution in [0.3, 0.4) is 0 Å². The van der Waals surface area contributed by atoms with Gasteiger partial charge in [0.15, 0.2) is 0 Å². The molecule has 22 heavy (non-hydrogen) atoms. The molecular formula is C14H15ClN4O3. The summed E-state index contributed by atoms with van der Waals surface area (Å²) in [6.45, 7) is 2.76. The summed E-state index contributed by atoms with van der Waals surface area (Å²) in [5, 5.41) is 10.9. The highest BCUT2D eigenvalue weighted by molar-refractivity contribution is 6.31. The van der Waals surface area contributed by atoms with E-state index < -0.39 is 4.92 Å². The molecule has 0 saturated heterocycles. The van der Waals surface area contributed by atoms with Crippen molar-refractivity contribution in [2.75, 3.05) is 25.1 Å². The van der Waals surface area contributed by atoms with Gasteiger partial charge in [0.25, 0.3) is 0 Å². The molecule has 0 saturated carbocycles. The van der Waals surface area contributed by atoms with Crippen molar-refractivity contribution in [1.82, 2.24) is 9.97 Å². The number of anilines is 1. The van der Waals surface area contributed by atoms with Crippen molar-refractivity contribution in [2.24, 2.45) is 0 Å². The smallest absolute Gasteiger partial charge is 0.348 e. The second kappa shape index (κ2) is 7.04. The van der Waals surface area contributed by atoms with E-state index in [0.717, 1.165) is 11.3 Å². The Morgan fingerprint density at radius 3 is 2.86 bits per heavy atom. The third kappa shape index (κ3) is 3.82. The molecule has 0 bridgehead atoms. The van der Waals surface area contributed by atoms with E-state index in [1.54, 1.807) is 11.9 Å². The molecule has 2 aromatic rings. The molecule has 8 heteroatoms. The van der Waals surface area contributed by atoms with Crippen LogP contribution in [0.25, 0.3) is 0 Å². The van der Waals surface area contributed by atoms with Crippen LogP contribution in [0.4, 0.5) is 11.5 Å². The van der Waals surface area contributed by atoms with E-state index >= 15 is 0 Å². The van der Waals surface area contributed by atoms with Crippen LogP contribution in [0.5, 0.6) is 5.75 Å². The maximum absolute atomic E-state index is 11.1. The molecule has 0 aliphatic rings. The van der Waals surface area contributed by atoms with Gasteiger partial charge in [-0.05, 0) is 24.6 Å². The van der Waals surface area contributed by atoms with E-state index in [1.165, 1.54) is 6.33 Å². The van der Waals surface area contributed by atoms with Crippen LogP contribution in [0.15, 0.2) is 30.6 Å². The standard InChI is InChI=1S/C14H15ClN4O3/c1-10-4-3-5-11(8-10)22-7-6-18(2)14-12(19(20)21)13(15)16-9-17-14/h3-5,8-9H,6-7H2,1-2H3. The van der Waals surface area contributed by atoms with Gasteiger partial charge in [0.2, 0.25) is 11.0 Å². The Hall–Kier alpha value is -2.41. The number of rotatable bonds is 6. The van der Waals surface area contributed by atoms with E-state index in [1.807, 2.05) is 31.2 Å². The van der Waals surface area contributed by atoms with Crippen molar-refractivity contribution in [1.29, 1.82) is 0 Å². The zero-order valence-electron chi connectivity index (χ0n) is 12.2. The number of hydrogen-bond donors (Lipinski definition) is 0. The first-order valence-electron chi connectivity index (χ1n) is 6.54. The largest absolute Gasteiger partial charge is 0.492 e. The molecule has 1 aromatic carbocycles. The first kappa shape index (κ1) is 16.0. The van der Waals surface area contributed by atoms with Crippen LogP contribution < -0.4 is 9.64 Å². The summed E-state index contributed by atoms with van der Waals surface area (Å²) in [6.07, 6.45) is 1.20. The number of nitro groups is 1. The van der Waals surface area contributed by atoms with Crippen molar-refractivity contribution in [3.8, 4) is 5.75 Å². The van der Waals surface area contributed by atoms with Gasteiger partial charge in [-0.1, -0.05) is 23.7 Å². The molecule has 2 rings (SSSR count). The topological polar surface area (TPSA) is 81.4 Å². The third-order valence-electron chi connectivity index (χ3n) is 2.99. The van der Waals surface area contributed by atoms with Gasteiger partial charge in [0.1, 0.15) is 18.7 Å². The maximum Gasteiger partial charge on any atom is 0.348 e. The molecule has 1 heterocycles. The van der Waals surface area contributed by atoms with Crippen molar-refractivity contribution >= 4 is 23.1 Å². The van der Waals surface area contributed by atoms with E-state index in [2.05, 4.69) is 9.97 Å². The highest BCUT2D eigenvalue weighted by Crippen LogP contribution is 2.30. The lowest BCUT2D eigenvalue weighted by molar-refractivity contribution is -0.384. The number of likely N-dealkylation sites (N-methyl/N-ethyl adjacent to an activating group) is 1. The number of aromatic nitrogens is 2. The molecule has 0 spiro atoms. The minimum atomic E-state index is -0.588. The lowest BCUT2D eigenvalue weighted by Gasteiger charge is -2.18. The minimum Gasteiger partial charge on any atom is -0.492 e. The predicted molar refractivity (Wildman–Crippen MR) is 83.6 cm³/mol. The summed E-state index contributed by atoms with van der Waals surface area (Å²) in [5.41, 5.74) is 0.797. The van der Waals surface area contributed by atoms with Gasteiger partial charge >= 0.3 is 5.69 Å². The Morgan fingerprint density at radius 2 is 2.18 bits per heavy atom. The number of halogens is 1. The van der Waals surface area contributed by atoms with Gasteiger partial charge < -0.3 is 9.64 Å². The molecule has 0 fully saturated rings. The average Bonchev–Trinajstić information content (AvgIpc) is 2.46. The molecule has 0 aliphatic carbocycles. The Bertz CT molecular complexity index is 681. The van der Waals surface area contributed by atoms with Gasteiger partial charge in [0, 0.05) is 7.05 Å². The predicted octanol–water partition coefficient (Wildman–Crippen LogP) is 2.86. The fourth-order valence-corrected chi connectivity index (χ4v) is 2.09. The molecule has 116 valence electrons. The Labute approximate surface area is 132 Å². The second-order valence-corrected chi connectivity index (χ2v) is 5.04. The second-order valence-electron chi connectivity index (χ2n) is 4.68. The van der Waals surface area contributed by atoms with Gasteiger partial charge in [0.05, 0.1) is 11.5 Å². The molecule has 0 unspecified atom stereocenters. The van der Waals surface area contributed by atoms with Crippen LogP contribution in [-0.4, -0.2) is 35.1 Å². The number of ether oxygens (including phenoxy) is 1. The van der Waals surface area contributed by atoms with Crippen molar-refractivity contribution < 1.29 is 9.66 Å². The Balaban J connectivity index is 2.02. The number of nitrogens with zero attached hydrogens (tertiary/aromatic N) is 4. The molecule has 7 nitrogen and oxygen atoms in total. The number of hydrogen-bond acceptors (Lipinski definition) is 6. The average molecular weight is 323 g/mol. The third-order valence-corrected chi connectivity index (χ3v) is 3.26. The zero-order chi connectivity index (χ0) is 16.1. The van der Waals surface area contributed by atoms with Crippen LogP contribution in [0.1, 0.15) is 5.56 Å². The molecule has 0 radical (unpaired) electrons. The summed E-state index contributed by atoms with van der Waals surface area (Å²) < 4.78 is 5.62. The fraction of sp³-hybridized carbons (Fsp3) is 0.286. The zero-order valence-corrected chi connectivity index (χ0v) is 12.9. The van der Waals surface area contributed by atoms with Crippen LogP contribution in [0.2, 0.25) is 5.15 Å². The van der Waals surface area contributed by atoms with Crippen molar-refractivity contribution in [2.45, 2.75) is 6.92 Å². The summed E-state index contributed by atoms with van der Waals surface area (Å²) >= 11 is 5.77. The summed E-state index contributed by atoms with van der Waals surface area (Å²) in [7, 11) is 1.69. The van der Waals surface area contributed by atoms with Gasteiger partial charge in [-0.25, -0.2) is 9.97 Å². The SMILES string of the molecule is Cc1cccc(OCCN(C)c2ncnc(Cl)c2[N+](=O)[O-])c1. The van der Waals surface area contributed by atoms with Crippen LogP contribution >= 0.6 is 11.6 Å². The van der Waals surface area contributed by atoms with E-state index in [9.17, 15) is 10.1 Å². The lowest BCUT2D eigenvalue weighted by Crippen LogP contribution is -2.25. The lowest BCUT2D eigenvalue weighted by atomic mass is 10.2. The van der Waals surface area contributed by atoms with Gasteiger partial charge in [-0.15, -0.1) is 0 Å². The number of aryl methyl sites for hydroxylation is 1. The maximum atomic E-state index is 11.1. The first-order chi connectivity index (χ1) is 10.5. The van der Waals surface area contributed by atoms with Crippen molar-refractivity contribution in [3.63, 3.8) is 0 Å².